The molecule has 8 nitrogen and oxygen atoms in total. The van der Waals surface area contributed by atoms with E-state index in [1.165, 1.54) is 0 Å². The lowest BCUT2D eigenvalue weighted by Crippen LogP contribution is -1.95. The predicted octanol–water partition coefficient (Wildman–Crippen LogP) is 1.33. The molecule has 0 fully saturated rings. The van der Waals surface area contributed by atoms with E-state index < -0.39 is 12.3 Å². The van der Waals surface area contributed by atoms with Gasteiger partial charge in [-0.05, 0) is 13.8 Å². The second-order valence-electron chi connectivity index (χ2n) is 1.72. The Hall–Kier alpha value is -1.54. The van der Waals surface area contributed by atoms with Crippen molar-refractivity contribution in [2.75, 3.05) is 0 Å². The van der Waals surface area contributed by atoms with Crippen LogP contribution in [0.15, 0.2) is 0 Å². The topological polar surface area (TPSA) is 145 Å². The molecule has 0 aromatic carbocycles. The van der Waals surface area contributed by atoms with E-state index in [0.29, 0.717) is 0 Å². The number of hydrogen-bond donors (Lipinski definition) is 5. The van der Waals surface area contributed by atoms with E-state index >= 15 is 0 Å². The highest BCUT2D eigenvalue weighted by Crippen LogP contribution is 1.77. The van der Waals surface area contributed by atoms with Crippen LogP contribution in [0.2, 0.25) is 0 Å². The van der Waals surface area contributed by atoms with E-state index in [1.54, 1.807) is 13.8 Å². The maximum Gasteiger partial charge on any atom is 0.503 e. The highest BCUT2D eigenvalue weighted by Gasteiger charge is 1.81. The molecule has 0 saturated heterocycles. The van der Waals surface area contributed by atoms with Crippen LogP contribution in [0.1, 0.15) is 13.8 Å². The molecular formula is C5H12O8. The van der Waals surface area contributed by atoms with Gasteiger partial charge in [0.15, 0.2) is 0 Å². The molecular weight excluding hydrogens is 188 g/mol. The quantitative estimate of drug-likeness (QED) is 0.314. The molecule has 0 aliphatic carbocycles. The molecule has 0 spiro atoms. The Morgan fingerprint density at radius 1 is 1.00 bits per heavy atom. The summed E-state index contributed by atoms with van der Waals surface area (Å²) in [4.78, 5) is 20.9. The fourth-order valence-corrected chi connectivity index (χ4v) is 0. The van der Waals surface area contributed by atoms with Gasteiger partial charge in [-0.1, -0.05) is 0 Å². The summed E-state index contributed by atoms with van der Waals surface area (Å²) in [5, 5.41) is 35.5. The van der Waals surface area contributed by atoms with Gasteiger partial charge in [-0.25, -0.2) is 14.5 Å². The van der Waals surface area contributed by atoms with Gasteiger partial charge >= 0.3 is 12.3 Å². The monoisotopic (exact) mass is 200 g/mol. The molecule has 0 aromatic heterocycles. The van der Waals surface area contributed by atoms with Crippen LogP contribution in [-0.2, 0) is 4.89 Å². The van der Waals surface area contributed by atoms with Crippen molar-refractivity contribution in [2.24, 2.45) is 0 Å². The lowest BCUT2D eigenvalue weighted by atomic mass is 10.5. The van der Waals surface area contributed by atoms with E-state index in [4.69, 9.17) is 35.3 Å². The van der Waals surface area contributed by atoms with Gasteiger partial charge in [0.2, 0.25) is 0 Å². The minimum absolute atomic E-state index is 0.0602. The lowest BCUT2D eigenvalue weighted by molar-refractivity contribution is -0.269. The largest absolute Gasteiger partial charge is 0.503 e. The van der Waals surface area contributed by atoms with E-state index in [-0.39, 0.29) is 6.10 Å². The summed E-state index contributed by atoms with van der Waals surface area (Å²) in [5.41, 5.74) is 0. The summed E-state index contributed by atoms with van der Waals surface area (Å²) >= 11 is 0. The summed E-state index contributed by atoms with van der Waals surface area (Å²) in [7, 11) is 0. The zero-order valence-corrected chi connectivity index (χ0v) is 7.04. The molecule has 80 valence electrons. The maximum atomic E-state index is 8.56. The Bertz CT molecular complexity index is 110. The number of carbonyl (C=O) groups is 2. The van der Waals surface area contributed by atoms with E-state index in [1.807, 2.05) is 0 Å². The van der Waals surface area contributed by atoms with Gasteiger partial charge in [0.1, 0.15) is 0 Å². The molecule has 0 saturated carbocycles. The normalized spacial score (nSPS) is 7.38. The smallest absolute Gasteiger partial charge is 0.450 e. The predicted molar refractivity (Wildman–Crippen MR) is 40.2 cm³/mol. The Labute approximate surface area is 73.5 Å². The van der Waals surface area contributed by atoms with Crippen molar-refractivity contribution < 1.29 is 40.2 Å². The number of rotatable bonds is 1. The van der Waals surface area contributed by atoms with Gasteiger partial charge in [-0.3, -0.25) is 5.26 Å². The second-order valence-corrected chi connectivity index (χ2v) is 1.72. The first-order valence-corrected chi connectivity index (χ1v) is 2.88. The van der Waals surface area contributed by atoms with Crippen molar-refractivity contribution >= 4 is 12.3 Å². The Morgan fingerprint density at radius 3 is 1.08 bits per heavy atom. The summed E-state index contributed by atoms with van der Waals surface area (Å²) < 4.78 is 0. The van der Waals surface area contributed by atoms with Crippen LogP contribution in [0.25, 0.3) is 0 Å². The zero-order chi connectivity index (χ0) is 11.4. The average molecular weight is 200 g/mol. The molecule has 8 heteroatoms. The average Bonchev–Trinajstić information content (AvgIpc) is 1.84. The lowest BCUT2D eigenvalue weighted by Gasteiger charge is -1.91. The molecule has 0 atom stereocenters. The van der Waals surface area contributed by atoms with Gasteiger partial charge in [-0.15, -0.1) is 0 Å². The molecule has 0 radical (unpaired) electrons. The molecule has 0 aliphatic heterocycles. The molecule has 0 rings (SSSR count). The van der Waals surface area contributed by atoms with Gasteiger partial charge in [0, 0.05) is 0 Å². The molecule has 0 amide bonds. The van der Waals surface area contributed by atoms with Crippen LogP contribution in [0, 0.1) is 0 Å². The van der Waals surface area contributed by atoms with E-state index in [0.717, 1.165) is 0 Å². The first-order valence-electron chi connectivity index (χ1n) is 2.88. The van der Waals surface area contributed by atoms with Gasteiger partial charge in [0.25, 0.3) is 0 Å². The van der Waals surface area contributed by atoms with Gasteiger partial charge in [-0.2, -0.15) is 0 Å². The molecule has 0 aromatic rings. The molecule has 13 heavy (non-hydrogen) atoms. The van der Waals surface area contributed by atoms with Crippen molar-refractivity contribution in [3.63, 3.8) is 0 Å². The highest BCUT2D eigenvalue weighted by molar-refractivity contribution is 5.53. The Morgan fingerprint density at radius 2 is 1.08 bits per heavy atom. The third-order valence-corrected chi connectivity index (χ3v) is 0.211. The van der Waals surface area contributed by atoms with E-state index in [2.05, 4.69) is 4.89 Å². The third kappa shape index (κ3) is 3540. The maximum absolute atomic E-state index is 8.56. The third-order valence-electron chi connectivity index (χ3n) is 0.211. The van der Waals surface area contributed by atoms with E-state index in [9.17, 15) is 0 Å². The summed E-state index contributed by atoms with van der Waals surface area (Å²) in [6.45, 7) is 3.50. The first kappa shape index (κ1) is 17.5. The summed E-state index contributed by atoms with van der Waals surface area (Å²) in [5.74, 6) is 0. The molecule has 0 bridgehead atoms. The van der Waals surface area contributed by atoms with Crippen LogP contribution in [-0.4, -0.2) is 44.1 Å². The first-order chi connectivity index (χ1) is 5.73. The molecule has 5 N–H and O–H groups in total. The zero-order valence-electron chi connectivity index (χ0n) is 7.04. The van der Waals surface area contributed by atoms with Crippen LogP contribution >= 0.6 is 0 Å². The van der Waals surface area contributed by atoms with Crippen molar-refractivity contribution in [1.82, 2.24) is 0 Å². The van der Waals surface area contributed by atoms with Crippen molar-refractivity contribution in [3.05, 3.63) is 0 Å². The van der Waals surface area contributed by atoms with Gasteiger partial charge < -0.3 is 20.4 Å². The number of hydrogen-bond acceptors (Lipinski definition) is 4. The Balaban J connectivity index is -0.000000117. The Kier molecular flexibility index (Phi) is 17.6. The summed E-state index contributed by atoms with van der Waals surface area (Å²) in [6.07, 6.45) is -3.73. The van der Waals surface area contributed by atoms with Gasteiger partial charge in [0.05, 0.1) is 6.10 Å². The van der Waals surface area contributed by atoms with Crippen LogP contribution < -0.4 is 0 Å². The highest BCUT2D eigenvalue weighted by atomic mass is 17.1. The fourth-order valence-electron chi connectivity index (χ4n) is 0. The second kappa shape index (κ2) is 13.1. The fraction of sp³-hybridized carbons (Fsp3) is 0.600. The SMILES string of the molecule is CC(C)OO.O=C(O)O.O=C(O)O. The molecule has 0 aliphatic rings. The van der Waals surface area contributed by atoms with Crippen molar-refractivity contribution in [2.45, 2.75) is 20.0 Å². The van der Waals surface area contributed by atoms with Crippen LogP contribution in [0.3, 0.4) is 0 Å². The molecule has 0 unspecified atom stereocenters. The minimum atomic E-state index is -1.83. The van der Waals surface area contributed by atoms with Crippen molar-refractivity contribution in [3.8, 4) is 0 Å². The minimum Gasteiger partial charge on any atom is -0.450 e. The molecule has 0 heterocycles. The van der Waals surface area contributed by atoms with Crippen molar-refractivity contribution in [1.29, 1.82) is 0 Å². The summed E-state index contributed by atoms with van der Waals surface area (Å²) in [6, 6.07) is 0. The standard InChI is InChI=1S/C3H8O2.2CH2O3/c1-3(2)5-4;2*2-1(3)4/h3-4H,1-2H3;2*(H2,2,3,4). The van der Waals surface area contributed by atoms with Crippen LogP contribution in [0.4, 0.5) is 9.59 Å². The number of carboxylic acid groups (broad SMARTS) is 4. The van der Waals surface area contributed by atoms with Crippen LogP contribution in [0.5, 0.6) is 0 Å².